The summed E-state index contributed by atoms with van der Waals surface area (Å²) in [4.78, 5) is 0. The molecular weight excluding hydrogens is 297 g/mol. The highest BCUT2D eigenvalue weighted by molar-refractivity contribution is 7.16. The molecule has 0 N–H and O–H groups in total. The van der Waals surface area contributed by atoms with Crippen molar-refractivity contribution in [3.05, 3.63) is 59.2 Å². The van der Waals surface area contributed by atoms with Crippen LogP contribution in [0.4, 0.5) is 0 Å². The molecule has 0 saturated carbocycles. The van der Waals surface area contributed by atoms with Gasteiger partial charge in [-0.25, -0.2) is 0 Å². The standard InChI is InChI=1S/C17H19P3/c18-8-11-1-4-16-12(5-11)2-3-13-6-14(9-19)15(10-20)7-17(13)16/h1-7H,8-10,18-20H2. The third kappa shape index (κ3) is 2.51. The summed E-state index contributed by atoms with van der Waals surface area (Å²) in [7, 11) is 8.48. The van der Waals surface area contributed by atoms with E-state index in [1.54, 1.807) is 0 Å². The number of hydrogen-bond donors (Lipinski definition) is 0. The normalized spacial score (nSPS) is 11.3. The first-order chi connectivity index (χ1) is 9.76. The van der Waals surface area contributed by atoms with Crippen LogP contribution >= 0.6 is 27.7 Å². The Kier molecular flexibility index (Phi) is 4.37. The van der Waals surface area contributed by atoms with Gasteiger partial charge in [-0.3, -0.25) is 0 Å². The molecule has 102 valence electrons. The highest BCUT2D eigenvalue weighted by atomic mass is 31.0. The maximum Gasteiger partial charge on any atom is -0.0102 e. The van der Waals surface area contributed by atoms with Crippen LogP contribution in [0.5, 0.6) is 0 Å². The number of benzene rings is 3. The Hall–Kier alpha value is -0.530. The van der Waals surface area contributed by atoms with Gasteiger partial charge in [0.25, 0.3) is 0 Å². The minimum Gasteiger partial charge on any atom is -0.133 e. The first-order valence-electron chi connectivity index (χ1n) is 6.84. The second-order valence-corrected chi connectivity index (χ2v) is 6.30. The van der Waals surface area contributed by atoms with Gasteiger partial charge in [0, 0.05) is 0 Å². The highest BCUT2D eigenvalue weighted by Gasteiger charge is 2.06. The molecule has 0 aliphatic rings. The Balaban J connectivity index is 2.35. The van der Waals surface area contributed by atoms with E-state index in [4.69, 9.17) is 0 Å². The summed E-state index contributed by atoms with van der Waals surface area (Å²) in [5, 5.41) is 5.42. The highest BCUT2D eigenvalue weighted by Crippen LogP contribution is 2.30. The molecule has 0 aliphatic carbocycles. The zero-order valence-corrected chi connectivity index (χ0v) is 14.9. The van der Waals surface area contributed by atoms with Gasteiger partial charge in [0.05, 0.1) is 0 Å². The van der Waals surface area contributed by atoms with E-state index in [1.807, 2.05) is 0 Å². The van der Waals surface area contributed by atoms with E-state index in [0.717, 1.165) is 18.5 Å². The summed E-state index contributed by atoms with van der Waals surface area (Å²) >= 11 is 0. The van der Waals surface area contributed by atoms with Crippen LogP contribution in [0.2, 0.25) is 0 Å². The van der Waals surface area contributed by atoms with Crippen molar-refractivity contribution in [2.75, 3.05) is 0 Å². The monoisotopic (exact) mass is 316 g/mol. The zero-order valence-electron chi connectivity index (χ0n) is 11.4. The minimum atomic E-state index is 1.01. The Morgan fingerprint density at radius 1 is 0.600 bits per heavy atom. The smallest absolute Gasteiger partial charge is 0.0102 e. The molecule has 0 saturated heterocycles. The summed E-state index contributed by atoms with van der Waals surface area (Å²) in [5.74, 6) is 0. The van der Waals surface area contributed by atoms with Crippen molar-refractivity contribution < 1.29 is 0 Å². The second kappa shape index (κ2) is 6.07. The molecule has 0 heterocycles. The fraction of sp³-hybridized carbons (Fsp3) is 0.176. The molecule has 3 aromatic rings. The van der Waals surface area contributed by atoms with Gasteiger partial charge < -0.3 is 0 Å². The SMILES string of the molecule is PCc1ccc2c(ccc3cc(CP)c(CP)cc32)c1. The van der Waals surface area contributed by atoms with Gasteiger partial charge in [-0.2, -0.15) is 0 Å². The molecule has 0 spiro atoms. The van der Waals surface area contributed by atoms with E-state index in [2.05, 4.69) is 70.2 Å². The van der Waals surface area contributed by atoms with Gasteiger partial charge >= 0.3 is 0 Å². The lowest BCUT2D eigenvalue weighted by Crippen LogP contribution is -1.90. The summed E-state index contributed by atoms with van der Waals surface area (Å²) in [5.41, 5.74) is 4.23. The first-order valence-corrected chi connectivity index (χ1v) is 9.29. The zero-order chi connectivity index (χ0) is 14.1. The molecule has 0 nitrogen and oxygen atoms in total. The molecule has 3 atom stereocenters. The van der Waals surface area contributed by atoms with Crippen LogP contribution in [0.15, 0.2) is 42.5 Å². The second-order valence-electron chi connectivity index (χ2n) is 5.08. The molecule has 0 aliphatic heterocycles. The average molecular weight is 316 g/mol. The third-order valence-electron chi connectivity index (χ3n) is 3.90. The van der Waals surface area contributed by atoms with Crippen molar-refractivity contribution in [1.82, 2.24) is 0 Å². The molecule has 0 fully saturated rings. The maximum absolute atomic E-state index is 2.85. The summed E-state index contributed by atoms with van der Waals surface area (Å²) < 4.78 is 0. The average Bonchev–Trinajstić information content (AvgIpc) is 2.52. The van der Waals surface area contributed by atoms with Crippen LogP contribution in [0.25, 0.3) is 21.5 Å². The van der Waals surface area contributed by atoms with Gasteiger partial charge in [-0.1, -0.05) is 36.4 Å². The molecule has 0 bridgehead atoms. The topological polar surface area (TPSA) is 0 Å². The van der Waals surface area contributed by atoms with E-state index in [0.29, 0.717) is 0 Å². The van der Waals surface area contributed by atoms with E-state index in [-0.39, 0.29) is 0 Å². The Morgan fingerprint density at radius 2 is 1.25 bits per heavy atom. The van der Waals surface area contributed by atoms with Gasteiger partial charge in [-0.05, 0) is 62.8 Å². The van der Waals surface area contributed by atoms with Crippen molar-refractivity contribution in [2.24, 2.45) is 0 Å². The van der Waals surface area contributed by atoms with Gasteiger partial charge in [0.2, 0.25) is 0 Å². The van der Waals surface area contributed by atoms with Crippen molar-refractivity contribution >= 4 is 49.3 Å². The molecule has 3 heteroatoms. The fourth-order valence-electron chi connectivity index (χ4n) is 2.76. The lowest BCUT2D eigenvalue weighted by Gasteiger charge is -2.11. The molecule has 3 unspecified atom stereocenters. The van der Waals surface area contributed by atoms with E-state index >= 15 is 0 Å². The fourth-order valence-corrected chi connectivity index (χ4v) is 3.78. The lowest BCUT2D eigenvalue weighted by atomic mass is 9.96. The van der Waals surface area contributed by atoms with Crippen LogP contribution < -0.4 is 0 Å². The quantitative estimate of drug-likeness (QED) is 0.465. The van der Waals surface area contributed by atoms with Crippen LogP contribution in [0.1, 0.15) is 16.7 Å². The lowest BCUT2D eigenvalue weighted by molar-refractivity contribution is 1.30. The van der Waals surface area contributed by atoms with Crippen LogP contribution in [0, 0.1) is 0 Å². The van der Waals surface area contributed by atoms with Crippen LogP contribution in [-0.4, -0.2) is 0 Å². The maximum atomic E-state index is 2.85. The Bertz CT molecular complexity index is 778. The van der Waals surface area contributed by atoms with Crippen molar-refractivity contribution in [3.8, 4) is 0 Å². The van der Waals surface area contributed by atoms with Gasteiger partial charge in [0.1, 0.15) is 0 Å². The number of hydrogen-bond acceptors (Lipinski definition) is 0. The van der Waals surface area contributed by atoms with Gasteiger partial charge in [0.15, 0.2) is 0 Å². The summed E-state index contributed by atoms with van der Waals surface area (Å²) in [6.07, 6.45) is 3.04. The van der Waals surface area contributed by atoms with Crippen LogP contribution in [0.3, 0.4) is 0 Å². The first kappa shape index (κ1) is 14.4. The van der Waals surface area contributed by atoms with Crippen molar-refractivity contribution in [2.45, 2.75) is 18.5 Å². The third-order valence-corrected chi connectivity index (χ3v) is 5.25. The van der Waals surface area contributed by atoms with E-state index in [1.165, 1.54) is 38.2 Å². The summed E-state index contributed by atoms with van der Waals surface area (Å²) in [6, 6.07) is 16.0. The number of rotatable bonds is 3. The predicted molar refractivity (Wildman–Crippen MR) is 102 cm³/mol. The Labute approximate surface area is 127 Å². The molecule has 20 heavy (non-hydrogen) atoms. The largest absolute Gasteiger partial charge is 0.133 e. The summed E-state index contributed by atoms with van der Waals surface area (Å²) in [6.45, 7) is 0. The molecule has 0 amide bonds. The van der Waals surface area contributed by atoms with Crippen molar-refractivity contribution in [1.29, 1.82) is 0 Å². The number of fused-ring (bicyclic) bond motifs is 3. The molecule has 0 aromatic heterocycles. The molecule has 3 rings (SSSR count). The molecule has 3 aromatic carbocycles. The van der Waals surface area contributed by atoms with Crippen LogP contribution in [-0.2, 0) is 18.5 Å². The predicted octanol–water partition coefficient (Wildman–Crippen LogP) is 5.12. The Morgan fingerprint density at radius 3 is 1.90 bits per heavy atom. The molecular formula is C17H19P3. The van der Waals surface area contributed by atoms with Crippen molar-refractivity contribution in [3.63, 3.8) is 0 Å². The minimum absolute atomic E-state index is 1.01. The van der Waals surface area contributed by atoms with E-state index in [9.17, 15) is 0 Å². The van der Waals surface area contributed by atoms with E-state index < -0.39 is 0 Å². The molecule has 0 radical (unpaired) electrons. The van der Waals surface area contributed by atoms with Gasteiger partial charge in [-0.15, -0.1) is 27.7 Å².